The lowest BCUT2D eigenvalue weighted by atomic mass is 9.94. The van der Waals surface area contributed by atoms with E-state index in [4.69, 9.17) is 110 Å². The number of ether oxygens (including phenoxy) is 15. The Morgan fingerprint density at radius 3 is 1.51 bits per heavy atom. The molecule has 3 fully saturated rings. The number of nitrogens with one attached hydrogen (secondary N) is 2. The summed E-state index contributed by atoms with van der Waals surface area (Å²) in [7, 11) is -2.89. The van der Waals surface area contributed by atoms with E-state index >= 15 is 0 Å². The van der Waals surface area contributed by atoms with Gasteiger partial charge < -0.3 is 86.1 Å². The first-order valence-corrected chi connectivity index (χ1v) is 35.6. The number of alkyl halides is 3. The van der Waals surface area contributed by atoms with Gasteiger partial charge in [0.25, 0.3) is 0 Å². The number of halogens is 3. The normalized spacial score (nSPS) is 26.0. The van der Waals surface area contributed by atoms with Crippen LogP contribution in [0, 0.1) is 0 Å². The molecule has 2 N–H and O–H groups in total. The lowest BCUT2D eigenvalue weighted by molar-refractivity contribution is -0.378. The average molecular weight is 1420 g/mol. The molecule has 528 valence electrons. The fraction of sp³-hybridized carbons (Fsp3) is 0.559. The van der Waals surface area contributed by atoms with E-state index in [1.165, 1.54) is 27.7 Å². The molecule has 2 amide bonds. The van der Waals surface area contributed by atoms with Gasteiger partial charge in [-0.3, -0.25) is 19.2 Å². The SMILES string of the molecule is CC[Si](CC)(O[C@H]1[C@@H](OC(C)=O)[C@@H](COC(C)=O)O[C@@H](O[C@H]2[C@H](O[C@@H]3O[C@@H](C)[C@@H](OC(C)=O)[C@@H](OC(C)=O)[C@@H]3OCc3ccccc3)[C@@H](NC(=O)OCC(Cl)(Cl)Cl)[C@H](OCCCNC(=O)OCc3ccccc3)O[C@@H]2COCc2ccccc2)[C@@H]1OCc1ccccc1)C(C)C. The fourth-order valence-corrected chi connectivity index (χ4v) is 15.2. The Balaban J connectivity index is 1.42. The van der Waals surface area contributed by atoms with Gasteiger partial charge in [-0.05, 0) is 53.2 Å². The number of amides is 2. The van der Waals surface area contributed by atoms with Crippen molar-refractivity contribution in [3.8, 4) is 0 Å². The second kappa shape index (κ2) is 38.4. The molecule has 0 bridgehead atoms. The number of hydrogen-bond donors (Lipinski definition) is 2. The summed E-state index contributed by atoms with van der Waals surface area (Å²) in [6.07, 6.45) is -21.5. The van der Waals surface area contributed by atoms with E-state index in [0.29, 0.717) is 17.7 Å². The Morgan fingerprint density at radius 1 is 0.510 bits per heavy atom. The molecule has 4 aromatic carbocycles. The lowest BCUT2D eigenvalue weighted by Gasteiger charge is -2.52. The van der Waals surface area contributed by atoms with Crippen LogP contribution in [0.1, 0.15) is 91.0 Å². The Bertz CT molecular complexity index is 3030. The Hall–Kier alpha value is -6.01. The van der Waals surface area contributed by atoms with E-state index in [9.17, 15) is 28.8 Å². The monoisotopic (exact) mass is 1420 g/mol. The van der Waals surface area contributed by atoms with Crippen LogP contribution in [0.3, 0.4) is 0 Å². The first-order valence-electron chi connectivity index (χ1n) is 32.0. The standard InChI is InChI=1S/C68H89Cl3N2O22Si/c1-10-96(11-2,42(3)4)95-60-57(89-46(8)76)53(40-82-44(6)74)92-65(62(60)84-37-50-29-20-14-21-30-50)93-56-52(39-80-35-48-25-16-12-17-26-48)91-63(81-34-24-33-72-66(78)85-38-51-31-22-15-23-32-51)54(73-67(79)86-41-68(69,70)71)58(56)94-64-61(83-36-49-27-18-13-19-28-49)59(90-47(9)77)55(43(5)87-64)88-45(7)75/h12-23,25-32,42-43,52-65H,10-11,24,33-41H2,1-9H3,(H,72,78)(H,73,79)/t43-,52+,53+,54+,55+,56+,57-,58+,59+,60-,61-,62+,63+,64-,65-/m0/s1. The minimum atomic E-state index is -2.89. The van der Waals surface area contributed by atoms with Crippen LogP contribution in [-0.2, 0) is 121 Å². The van der Waals surface area contributed by atoms with Gasteiger partial charge >= 0.3 is 36.1 Å². The molecule has 3 heterocycles. The summed E-state index contributed by atoms with van der Waals surface area (Å²) in [4.78, 5) is 79.9. The maximum atomic E-state index is 14.5. The second-order valence-corrected chi connectivity index (χ2v) is 31.1. The molecule has 0 spiro atoms. The van der Waals surface area contributed by atoms with Crippen molar-refractivity contribution in [2.75, 3.05) is 33.0 Å². The van der Waals surface area contributed by atoms with Crippen molar-refractivity contribution in [1.29, 1.82) is 0 Å². The zero-order valence-corrected chi connectivity index (χ0v) is 58.7. The highest BCUT2D eigenvalue weighted by Crippen LogP contribution is 2.41. The third-order valence-corrected chi connectivity index (χ3v) is 21.8. The smallest absolute Gasteiger partial charge is 0.407 e. The molecular formula is C68H89Cl3N2O22Si. The highest BCUT2D eigenvalue weighted by atomic mass is 35.6. The van der Waals surface area contributed by atoms with Crippen molar-refractivity contribution >= 4 is 79.2 Å². The van der Waals surface area contributed by atoms with Crippen molar-refractivity contribution in [2.24, 2.45) is 0 Å². The van der Waals surface area contributed by atoms with Crippen molar-refractivity contribution in [2.45, 2.75) is 209 Å². The van der Waals surface area contributed by atoms with Crippen LogP contribution in [0.2, 0.25) is 17.6 Å². The van der Waals surface area contributed by atoms with Crippen molar-refractivity contribution in [1.82, 2.24) is 10.6 Å². The largest absolute Gasteiger partial charge is 0.463 e. The topological polar surface area (TPSA) is 274 Å². The van der Waals surface area contributed by atoms with Gasteiger partial charge in [-0.15, -0.1) is 0 Å². The number of alkyl carbamates (subject to hydrolysis) is 2. The van der Waals surface area contributed by atoms with Crippen molar-refractivity contribution in [3.63, 3.8) is 0 Å². The first-order chi connectivity index (χ1) is 46.0. The maximum absolute atomic E-state index is 14.5. The average Bonchev–Trinajstić information content (AvgIpc) is 0.763. The number of benzene rings is 4. The van der Waals surface area contributed by atoms with Crippen molar-refractivity contribution in [3.05, 3.63) is 144 Å². The molecule has 28 heteroatoms. The minimum absolute atomic E-state index is 0.00873. The van der Waals surface area contributed by atoms with E-state index in [-0.39, 0.29) is 58.1 Å². The highest BCUT2D eigenvalue weighted by Gasteiger charge is 2.59. The molecular weight excluding hydrogens is 1330 g/mol. The second-order valence-electron chi connectivity index (χ2n) is 23.6. The van der Waals surface area contributed by atoms with Gasteiger partial charge in [0, 0.05) is 34.2 Å². The van der Waals surface area contributed by atoms with Crippen LogP contribution in [0.15, 0.2) is 121 Å². The predicted octanol–water partition coefficient (Wildman–Crippen LogP) is 10.3. The van der Waals surface area contributed by atoms with Crippen LogP contribution in [0.5, 0.6) is 0 Å². The first kappa shape index (κ1) is 77.3. The molecule has 24 nitrogen and oxygen atoms in total. The molecule has 3 aliphatic rings. The molecule has 0 aliphatic carbocycles. The van der Waals surface area contributed by atoms with Gasteiger partial charge in [0.15, 0.2) is 45.5 Å². The Kier molecular flexibility index (Phi) is 30.9. The van der Waals surface area contributed by atoms with E-state index in [1.54, 1.807) is 31.2 Å². The van der Waals surface area contributed by atoms with E-state index in [2.05, 4.69) is 24.5 Å². The van der Waals surface area contributed by atoms with Gasteiger partial charge in [-0.25, -0.2) is 9.59 Å². The van der Waals surface area contributed by atoms with E-state index in [0.717, 1.165) is 16.7 Å². The van der Waals surface area contributed by atoms with Gasteiger partial charge in [0.05, 0.1) is 39.1 Å². The Labute approximate surface area is 576 Å². The molecule has 0 radical (unpaired) electrons. The molecule has 0 aromatic heterocycles. The summed E-state index contributed by atoms with van der Waals surface area (Å²) in [5.41, 5.74) is 2.94. The number of carbonyl (C=O) groups is 6. The van der Waals surface area contributed by atoms with Crippen molar-refractivity contribution < 1.29 is 104 Å². The number of hydrogen-bond acceptors (Lipinski definition) is 22. The molecule has 4 aromatic rings. The number of carbonyl (C=O) groups excluding carboxylic acids is 6. The summed E-state index contributed by atoms with van der Waals surface area (Å²) in [6.45, 7) is 12.8. The molecule has 0 unspecified atom stereocenters. The van der Waals surface area contributed by atoms with Crippen LogP contribution >= 0.6 is 34.8 Å². The predicted molar refractivity (Wildman–Crippen MR) is 351 cm³/mol. The minimum Gasteiger partial charge on any atom is -0.463 e. The molecule has 15 atom stereocenters. The Morgan fingerprint density at radius 2 is 0.990 bits per heavy atom. The van der Waals surface area contributed by atoms with Gasteiger partial charge in [-0.1, -0.05) is 184 Å². The quantitative estimate of drug-likeness (QED) is 0.0147. The van der Waals surface area contributed by atoms with Gasteiger partial charge in [0.1, 0.15) is 68.6 Å². The number of esters is 4. The van der Waals surface area contributed by atoms with Gasteiger partial charge in [-0.2, -0.15) is 0 Å². The van der Waals surface area contributed by atoms with Crippen LogP contribution in [0.4, 0.5) is 9.59 Å². The highest BCUT2D eigenvalue weighted by molar-refractivity contribution is 6.75. The molecule has 96 heavy (non-hydrogen) atoms. The fourth-order valence-electron chi connectivity index (χ4n) is 11.5. The summed E-state index contributed by atoms with van der Waals surface area (Å²) in [5, 5.41) is 5.55. The van der Waals surface area contributed by atoms with Crippen LogP contribution < -0.4 is 10.6 Å². The summed E-state index contributed by atoms with van der Waals surface area (Å²) < 4.78 is 103. The van der Waals surface area contributed by atoms with E-state index in [1.807, 2.05) is 111 Å². The summed E-state index contributed by atoms with van der Waals surface area (Å²) in [6, 6.07) is 36.3. The lowest BCUT2D eigenvalue weighted by Crippen LogP contribution is -2.71. The van der Waals surface area contributed by atoms with Crippen LogP contribution in [0.25, 0.3) is 0 Å². The summed E-state index contributed by atoms with van der Waals surface area (Å²) in [5.74, 6) is -2.88. The zero-order chi connectivity index (χ0) is 69.4. The van der Waals surface area contributed by atoms with Crippen LogP contribution in [-0.4, -0.2) is 173 Å². The zero-order valence-electron chi connectivity index (χ0n) is 55.4. The number of rotatable bonds is 33. The maximum Gasteiger partial charge on any atom is 0.407 e. The molecule has 0 saturated carbocycles. The van der Waals surface area contributed by atoms with Gasteiger partial charge in [0.2, 0.25) is 3.79 Å². The molecule has 3 aliphatic heterocycles. The van der Waals surface area contributed by atoms with E-state index < -0.39 is 153 Å². The molecule has 3 saturated heterocycles. The third kappa shape index (κ3) is 23.9. The molecule has 7 rings (SSSR count). The summed E-state index contributed by atoms with van der Waals surface area (Å²) >= 11 is 18.5. The third-order valence-electron chi connectivity index (χ3n) is 16.2.